The fourth-order valence-corrected chi connectivity index (χ4v) is 6.04. The van der Waals surface area contributed by atoms with Crippen molar-refractivity contribution in [2.24, 2.45) is 0 Å². The van der Waals surface area contributed by atoms with Gasteiger partial charge in [-0.1, -0.05) is 76.9 Å². The van der Waals surface area contributed by atoms with Crippen LogP contribution in [0.15, 0.2) is 118 Å². The molecule has 0 amide bonds. The van der Waals surface area contributed by atoms with E-state index < -0.39 is 0 Å². The maximum absolute atomic E-state index is 3.45. The molecular formula is C39H40Br2Cl2Zr. The summed E-state index contributed by atoms with van der Waals surface area (Å²) in [6.07, 6.45) is 10.0. The minimum absolute atomic E-state index is 0. The number of rotatable bonds is 2. The fourth-order valence-electron chi connectivity index (χ4n) is 4.70. The zero-order valence-corrected chi connectivity index (χ0v) is 33.4. The second kappa shape index (κ2) is 16.9. The third-order valence-electron chi connectivity index (χ3n) is 7.29. The number of hydrogen-bond donors (Lipinski definition) is 0. The van der Waals surface area contributed by atoms with E-state index >= 15 is 0 Å². The van der Waals surface area contributed by atoms with Crippen LogP contribution in [0.4, 0.5) is 0 Å². The Bertz CT molecular complexity index is 1600. The first-order valence-corrected chi connectivity index (χ1v) is 17.1. The van der Waals surface area contributed by atoms with E-state index in [0.29, 0.717) is 0 Å². The molecule has 0 saturated heterocycles. The van der Waals surface area contributed by atoms with Crippen molar-refractivity contribution < 1.29 is 24.2 Å². The summed E-state index contributed by atoms with van der Waals surface area (Å²) in [7, 11) is 0. The average Bonchev–Trinajstić information content (AvgIpc) is 3.64. The summed E-state index contributed by atoms with van der Waals surface area (Å²) in [6.45, 7) is 13.6. The SMILES string of the molecule is Brc1ccc([C](=[Zr+2])c2ccc(Br)cc2)cc1.CC(C)(C)c1ccc2c(c1)[cH-]c1cc(C(C)(C)C)ccc12.Cl.Cl.[C-]1=CC=CC1. The molecule has 0 atom stereocenters. The Morgan fingerprint density at radius 1 is 0.659 bits per heavy atom. The molecule has 5 aromatic carbocycles. The molecule has 0 bridgehead atoms. The van der Waals surface area contributed by atoms with E-state index in [1.165, 1.54) is 71.2 Å². The predicted molar refractivity (Wildman–Crippen MR) is 202 cm³/mol. The van der Waals surface area contributed by atoms with Crippen LogP contribution in [-0.2, 0) is 35.1 Å². The molecule has 0 saturated carbocycles. The normalized spacial score (nSPS) is 12.0. The van der Waals surface area contributed by atoms with Crippen molar-refractivity contribution >= 4 is 81.4 Å². The summed E-state index contributed by atoms with van der Waals surface area (Å²) in [5, 5.41) is 5.48. The van der Waals surface area contributed by atoms with Crippen LogP contribution in [0, 0.1) is 6.08 Å². The first-order valence-electron chi connectivity index (χ1n) is 14.3. The van der Waals surface area contributed by atoms with Crippen LogP contribution in [0.1, 0.15) is 70.2 Å². The molecule has 1 aliphatic rings. The maximum atomic E-state index is 3.45. The van der Waals surface area contributed by atoms with E-state index in [-0.39, 0.29) is 35.6 Å². The van der Waals surface area contributed by atoms with Crippen LogP contribution < -0.4 is 0 Å². The molecule has 0 radical (unpaired) electrons. The summed E-state index contributed by atoms with van der Waals surface area (Å²) in [4.78, 5) is 0. The van der Waals surface area contributed by atoms with Crippen LogP contribution in [-0.4, -0.2) is 3.21 Å². The van der Waals surface area contributed by atoms with Crippen molar-refractivity contribution in [3.63, 3.8) is 0 Å². The van der Waals surface area contributed by atoms with Crippen molar-refractivity contribution in [3.05, 3.63) is 146 Å². The van der Waals surface area contributed by atoms with Gasteiger partial charge < -0.3 is 0 Å². The molecule has 1 aliphatic carbocycles. The third-order valence-corrected chi connectivity index (χ3v) is 9.76. The van der Waals surface area contributed by atoms with Crippen molar-refractivity contribution in [2.75, 3.05) is 0 Å². The molecule has 5 heteroatoms. The van der Waals surface area contributed by atoms with Gasteiger partial charge in [0.2, 0.25) is 0 Å². The second-order valence-electron chi connectivity index (χ2n) is 12.6. The Kier molecular flexibility index (Phi) is 14.9. The van der Waals surface area contributed by atoms with Gasteiger partial charge in [-0.3, -0.25) is 6.08 Å². The second-order valence-corrected chi connectivity index (χ2v) is 15.7. The number of allylic oxidation sites excluding steroid dienone is 4. The minimum atomic E-state index is 0. The summed E-state index contributed by atoms with van der Waals surface area (Å²) in [5.41, 5.74) is 5.80. The van der Waals surface area contributed by atoms with E-state index in [1.54, 1.807) is 0 Å². The van der Waals surface area contributed by atoms with Crippen LogP contribution in [0.25, 0.3) is 21.5 Å². The van der Waals surface area contributed by atoms with Gasteiger partial charge in [0.15, 0.2) is 0 Å². The molecule has 5 aromatic rings. The number of hydrogen-bond acceptors (Lipinski definition) is 0. The molecule has 0 N–H and O–H groups in total. The van der Waals surface area contributed by atoms with Crippen molar-refractivity contribution in [3.8, 4) is 0 Å². The Balaban J connectivity index is 0.000000260. The first-order chi connectivity index (χ1) is 19.8. The molecule has 0 spiro atoms. The van der Waals surface area contributed by atoms with Gasteiger partial charge >= 0.3 is 128 Å². The molecule has 0 aliphatic heterocycles. The van der Waals surface area contributed by atoms with E-state index in [9.17, 15) is 0 Å². The van der Waals surface area contributed by atoms with E-state index in [1.807, 2.05) is 12.2 Å². The number of fused-ring (bicyclic) bond motifs is 3. The van der Waals surface area contributed by atoms with Gasteiger partial charge in [0.25, 0.3) is 0 Å². The largest absolute Gasteiger partial charge is 0.273 e. The summed E-state index contributed by atoms with van der Waals surface area (Å²) < 4.78 is 3.62. The number of benzene rings is 4. The maximum Gasteiger partial charge on any atom is -0.0202 e. The van der Waals surface area contributed by atoms with Gasteiger partial charge in [-0.05, 0) is 10.8 Å². The minimum Gasteiger partial charge on any atom is -0.273 e. The molecule has 0 fully saturated rings. The quantitative estimate of drug-likeness (QED) is 0.156. The van der Waals surface area contributed by atoms with Crippen LogP contribution in [0.5, 0.6) is 0 Å². The average molecular weight is 831 g/mol. The van der Waals surface area contributed by atoms with Gasteiger partial charge in [-0.15, -0.1) is 71.0 Å². The number of halogens is 4. The molecule has 0 unspecified atom stereocenters. The summed E-state index contributed by atoms with van der Waals surface area (Å²) in [5.74, 6) is 0. The van der Waals surface area contributed by atoms with Crippen molar-refractivity contribution in [1.82, 2.24) is 0 Å². The summed E-state index contributed by atoms with van der Waals surface area (Å²) in [6, 6.07) is 33.1. The Labute approximate surface area is 308 Å². The molecule has 228 valence electrons. The van der Waals surface area contributed by atoms with Gasteiger partial charge in [0.1, 0.15) is 0 Å². The molecule has 44 heavy (non-hydrogen) atoms. The van der Waals surface area contributed by atoms with E-state index in [2.05, 4.69) is 177 Å². The molecule has 0 heterocycles. The van der Waals surface area contributed by atoms with Gasteiger partial charge in [-0.2, -0.15) is 6.08 Å². The molecule has 0 aromatic heterocycles. The smallest absolute Gasteiger partial charge is 0.0202 e. The summed E-state index contributed by atoms with van der Waals surface area (Å²) >= 11 is 8.34. The zero-order chi connectivity index (χ0) is 30.5. The van der Waals surface area contributed by atoms with Crippen LogP contribution in [0.2, 0.25) is 0 Å². The molecular weight excluding hydrogens is 790 g/mol. The molecule has 0 nitrogen and oxygen atoms in total. The van der Waals surface area contributed by atoms with E-state index in [0.717, 1.165) is 15.4 Å². The van der Waals surface area contributed by atoms with E-state index in [4.69, 9.17) is 0 Å². The zero-order valence-electron chi connectivity index (χ0n) is 26.2. The Morgan fingerprint density at radius 2 is 1.07 bits per heavy atom. The topological polar surface area (TPSA) is 0 Å². The standard InChI is InChI=1S/C21H25.C13H8Br2.C5H5.2ClH.Zr/c1-20(2,3)16-7-9-18-14(12-16)11-15-13-17(21(4,5)6)8-10-19(15)18;14-12-5-1-10(2-6-12)9-11-3-7-13(15)8-4-11;1-2-4-5-3-1;;;/h7-13H,1-6H3;1-8H;1-3H,4H2;2*1H;/q-1;;-1;;;+2. The van der Waals surface area contributed by atoms with Crippen molar-refractivity contribution in [1.29, 1.82) is 0 Å². The van der Waals surface area contributed by atoms with Crippen LogP contribution in [0.3, 0.4) is 0 Å². The van der Waals surface area contributed by atoms with Gasteiger partial charge in [-0.25, -0.2) is 12.2 Å². The first kappa shape index (κ1) is 38.7. The third kappa shape index (κ3) is 10.5. The monoisotopic (exact) mass is 826 g/mol. The van der Waals surface area contributed by atoms with Gasteiger partial charge in [0, 0.05) is 0 Å². The Morgan fingerprint density at radius 3 is 1.36 bits per heavy atom. The predicted octanol–water partition coefficient (Wildman–Crippen LogP) is 12.8. The molecule has 6 rings (SSSR count). The van der Waals surface area contributed by atoms with Gasteiger partial charge in [0.05, 0.1) is 0 Å². The fraction of sp³-hybridized carbons (Fsp3) is 0.231. The Hall–Kier alpha value is -1.48. The van der Waals surface area contributed by atoms with Crippen LogP contribution >= 0.6 is 56.7 Å². The van der Waals surface area contributed by atoms with Crippen molar-refractivity contribution in [2.45, 2.75) is 58.8 Å².